The smallest absolute Gasteiger partial charge is 0.220 e. The molecule has 2 nitrogen and oxygen atoms in total. The largest absolute Gasteiger partial charge is 0.433 e. The third-order valence-electron chi connectivity index (χ3n) is 2.95. The van der Waals surface area contributed by atoms with Gasteiger partial charge in [-0.05, 0) is 12.1 Å². The number of pyridine rings is 1. The van der Waals surface area contributed by atoms with Crippen molar-refractivity contribution in [2.24, 2.45) is 0 Å². The number of ether oxygens (including phenoxy) is 1. The standard InChI is InChI=1S/C15H6F5NO/c16-10-11(17)13(19)15(14(20)12(10)18)22-9-6-5-7-3-1-2-4-8(7)21-9/h1-6H. The van der Waals surface area contributed by atoms with Crippen LogP contribution in [-0.4, -0.2) is 4.98 Å². The highest BCUT2D eigenvalue weighted by molar-refractivity contribution is 5.78. The van der Waals surface area contributed by atoms with Gasteiger partial charge in [0.2, 0.25) is 40.7 Å². The van der Waals surface area contributed by atoms with E-state index in [0.717, 1.165) is 5.39 Å². The summed E-state index contributed by atoms with van der Waals surface area (Å²) in [5.41, 5.74) is 0.448. The van der Waals surface area contributed by atoms with Crippen molar-refractivity contribution in [3.8, 4) is 11.6 Å². The van der Waals surface area contributed by atoms with E-state index < -0.39 is 34.8 Å². The Morgan fingerprint density at radius 3 is 1.95 bits per heavy atom. The Morgan fingerprint density at radius 2 is 1.27 bits per heavy atom. The number of benzene rings is 2. The summed E-state index contributed by atoms with van der Waals surface area (Å²) in [6.07, 6.45) is 0. The molecule has 0 atom stereocenters. The van der Waals surface area contributed by atoms with Crippen molar-refractivity contribution in [2.45, 2.75) is 0 Å². The molecule has 1 aromatic heterocycles. The van der Waals surface area contributed by atoms with Crippen LogP contribution in [0.4, 0.5) is 22.0 Å². The predicted octanol–water partition coefficient (Wildman–Crippen LogP) is 4.72. The maximum atomic E-state index is 13.5. The van der Waals surface area contributed by atoms with Gasteiger partial charge in [0.15, 0.2) is 0 Å². The summed E-state index contributed by atoms with van der Waals surface area (Å²) >= 11 is 0. The maximum Gasteiger partial charge on any atom is 0.220 e. The highest BCUT2D eigenvalue weighted by Crippen LogP contribution is 2.32. The Balaban J connectivity index is 2.08. The van der Waals surface area contributed by atoms with Gasteiger partial charge in [0.1, 0.15) is 0 Å². The molecule has 2 aromatic carbocycles. The average molecular weight is 311 g/mol. The van der Waals surface area contributed by atoms with E-state index in [4.69, 9.17) is 4.74 Å². The summed E-state index contributed by atoms with van der Waals surface area (Å²) in [6.45, 7) is 0. The number of rotatable bonds is 2. The molecule has 112 valence electrons. The average Bonchev–Trinajstić information content (AvgIpc) is 2.55. The molecule has 22 heavy (non-hydrogen) atoms. The summed E-state index contributed by atoms with van der Waals surface area (Å²) in [5, 5.41) is 0.729. The van der Waals surface area contributed by atoms with E-state index in [1.807, 2.05) is 0 Å². The lowest BCUT2D eigenvalue weighted by molar-refractivity contribution is 0.328. The molecule has 0 radical (unpaired) electrons. The maximum absolute atomic E-state index is 13.5. The lowest BCUT2D eigenvalue weighted by atomic mass is 10.2. The first-order chi connectivity index (χ1) is 10.5. The fourth-order valence-electron chi connectivity index (χ4n) is 1.88. The van der Waals surface area contributed by atoms with Gasteiger partial charge < -0.3 is 4.74 Å². The zero-order valence-electron chi connectivity index (χ0n) is 10.7. The Kier molecular flexibility index (Phi) is 3.40. The van der Waals surface area contributed by atoms with E-state index >= 15 is 0 Å². The lowest BCUT2D eigenvalue weighted by Gasteiger charge is -2.09. The fraction of sp³-hybridized carbons (Fsp3) is 0. The van der Waals surface area contributed by atoms with Crippen molar-refractivity contribution in [3.05, 3.63) is 65.5 Å². The molecule has 0 bridgehead atoms. The second-order valence-corrected chi connectivity index (χ2v) is 4.34. The normalized spacial score (nSPS) is 11.0. The minimum absolute atomic E-state index is 0.290. The molecule has 0 N–H and O–H groups in total. The molecule has 3 rings (SSSR count). The topological polar surface area (TPSA) is 22.1 Å². The van der Waals surface area contributed by atoms with Gasteiger partial charge in [0.25, 0.3) is 0 Å². The van der Waals surface area contributed by atoms with Crippen LogP contribution in [0.15, 0.2) is 36.4 Å². The van der Waals surface area contributed by atoms with Crippen LogP contribution in [0.25, 0.3) is 10.9 Å². The van der Waals surface area contributed by atoms with Gasteiger partial charge in [-0.3, -0.25) is 0 Å². The zero-order valence-corrected chi connectivity index (χ0v) is 10.7. The van der Waals surface area contributed by atoms with Gasteiger partial charge in [-0.15, -0.1) is 0 Å². The third kappa shape index (κ3) is 2.24. The number of fused-ring (bicyclic) bond motifs is 1. The van der Waals surface area contributed by atoms with Crippen molar-refractivity contribution in [1.29, 1.82) is 0 Å². The van der Waals surface area contributed by atoms with Gasteiger partial charge in [0.05, 0.1) is 5.52 Å². The van der Waals surface area contributed by atoms with Crippen LogP contribution in [0.3, 0.4) is 0 Å². The molecule has 3 aromatic rings. The summed E-state index contributed by atoms with van der Waals surface area (Å²) in [7, 11) is 0. The van der Waals surface area contributed by atoms with E-state index in [1.54, 1.807) is 30.3 Å². The van der Waals surface area contributed by atoms with Crippen LogP contribution in [0.5, 0.6) is 11.6 Å². The van der Waals surface area contributed by atoms with Crippen molar-refractivity contribution in [3.63, 3.8) is 0 Å². The molecule has 0 saturated heterocycles. The molecular weight excluding hydrogens is 305 g/mol. The van der Waals surface area contributed by atoms with Crippen molar-refractivity contribution in [1.82, 2.24) is 4.98 Å². The highest BCUT2D eigenvalue weighted by atomic mass is 19.2. The minimum Gasteiger partial charge on any atom is -0.433 e. The van der Waals surface area contributed by atoms with Crippen molar-refractivity contribution in [2.75, 3.05) is 0 Å². The number of nitrogens with zero attached hydrogens (tertiary/aromatic N) is 1. The second-order valence-electron chi connectivity index (χ2n) is 4.34. The molecule has 0 fully saturated rings. The zero-order chi connectivity index (χ0) is 15.9. The third-order valence-corrected chi connectivity index (χ3v) is 2.95. The first-order valence-corrected chi connectivity index (χ1v) is 6.04. The van der Waals surface area contributed by atoms with Crippen molar-refractivity contribution < 1.29 is 26.7 Å². The summed E-state index contributed by atoms with van der Waals surface area (Å²) in [4.78, 5) is 3.94. The first kappa shape index (κ1) is 14.2. The lowest BCUT2D eigenvalue weighted by Crippen LogP contribution is -2.04. The molecule has 0 unspecified atom stereocenters. The van der Waals surface area contributed by atoms with Crippen LogP contribution in [0.1, 0.15) is 0 Å². The minimum atomic E-state index is -2.24. The van der Waals surface area contributed by atoms with Crippen LogP contribution in [0.2, 0.25) is 0 Å². The molecule has 0 aliphatic rings. The molecule has 0 spiro atoms. The molecule has 1 heterocycles. The Labute approximate surface area is 120 Å². The van der Waals surface area contributed by atoms with Crippen LogP contribution < -0.4 is 4.74 Å². The van der Waals surface area contributed by atoms with Crippen molar-refractivity contribution >= 4 is 10.9 Å². The van der Waals surface area contributed by atoms with Gasteiger partial charge in [-0.2, -0.15) is 8.78 Å². The summed E-state index contributed by atoms with van der Waals surface area (Å²) in [5.74, 6) is -12.2. The molecule has 0 aliphatic heterocycles. The monoisotopic (exact) mass is 311 g/mol. The Bertz CT molecular complexity index is 852. The number of halogens is 5. The molecule has 0 saturated carbocycles. The van der Waals surface area contributed by atoms with Gasteiger partial charge >= 0.3 is 0 Å². The number of aromatic nitrogens is 1. The first-order valence-electron chi connectivity index (χ1n) is 6.04. The van der Waals surface area contributed by atoms with Gasteiger partial charge in [0, 0.05) is 11.5 Å². The molecular formula is C15H6F5NO. The highest BCUT2D eigenvalue weighted by Gasteiger charge is 2.27. The van der Waals surface area contributed by atoms with Gasteiger partial charge in [-0.25, -0.2) is 18.2 Å². The van der Waals surface area contributed by atoms with E-state index in [9.17, 15) is 22.0 Å². The molecule has 0 aliphatic carbocycles. The SMILES string of the molecule is Fc1c(F)c(F)c(Oc2ccc3ccccc3n2)c(F)c1F. The van der Waals surface area contributed by atoms with E-state index in [2.05, 4.69) is 4.98 Å². The second kappa shape index (κ2) is 5.25. The molecule has 7 heteroatoms. The summed E-state index contributed by atoms with van der Waals surface area (Å²) in [6, 6.07) is 9.60. The number of hydrogen-bond acceptors (Lipinski definition) is 2. The van der Waals surface area contributed by atoms with E-state index in [-0.39, 0.29) is 5.88 Å². The number of hydrogen-bond donors (Lipinski definition) is 0. The Morgan fingerprint density at radius 1 is 0.682 bits per heavy atom. The summed E-state index contributed by atoms with van der Waals surface area (Å²) < 4.78 is 71.0. The van der Waals surface area contributed by atoms with Crippen LogP contribution in [-0.2, 0) is 0 Å². The fourth-order valence-corrected chi connectivity index (χ4v) is 1.88. The predicted molar refractivity (Wildman–Crippen MR) is 68.0 cm³/mol. The number of para-hydroxylation sites is 1. The van der Waals surface area contributed by atoms with Crippen LogP contribution >= 0.6 is 0 Å². The van der Waals surface area contributed by atoms with Crippen LogP contribution in [0, 0.1) is 29.1 Å². The van der Waals surface area contributed by atoms with E-state index in [1.165, 1.54) is 6.07 Å². The Hall–Kier alpha value is -2.70. The quantitative estimate of drug-likeness (QED) is 0.388. The van der Waals surface area contributed by atoms with Gasteiger partial charge in [-0.1, -0.05) is 18.2 Å². The van der Waals surface area contributed by atoms with E-state index in [0.29, 0.717) is 5.52 Å². The molecule has 0 amide bonds.